The molecular weight excluding hydrogens is 452 g/mol. The average molecular weight is 485 g/mol. The number of amides is 3. The molecule has 0 saturated heterocycles. The zero-order chi connectivity index (χ0) is 25.6. The molecule has 0 saturated carbocycles. The Bertz CT molecular complexity index is 1280. The van der Waals surface area contributed by atoms with E-state index >= 15 is 0 Å². The van der Waals surface area contributed by atoms with Gasteiger partial charge >= 0.3 is 6.03 Å². The van der Waals surface area contributed by atoms with Crippen molar-refractivity contribution in [1.29, 1.82) is 0 Å². The Morgan fingerprint density at radius 2 is 1.31 bits per heavy atom. The van der Waals surface area contributed by atoms with Gasteiger partial charge in [0.2, 0.25) is 0 Å². The molecule has 0 aliphatic carbocycles. The lowest BCUT2D eigenvalue weighted by atomic mass is 9.74. The van der Waals surface area contributed by atoms with Crippen molar-refractivity contribution < 1.29 is 14.3 Å². The maximum atomic E-state index is 13.6. The number of anilines is 2. The molecule has 7 nitrogen and oxygen atoms in total. The van der Waals surface area contributed by atoms with Crippen LogP contribution in [0.4, 0.5) is 16.2 Å². The zero-order valence-corrected chi connectivity index (χ0v) is 21.2. The predicted octanol–water partition coefficient (Wildman–Crippen LogP) is 5.31. The Balaban J connectivity index is 1.85. The lowest BCUT2D eigenvalue weighted by Gasteiger charge is -2.43. The maximum absolute atomic E-state index is 13.6. The van der Waals surface area contributed by atoms with Gasteiger partial charge in [-0.3, -0.25) is 4.79 Å². The van der Waals surface area contributed by atoms with Gasteiger partial charge in [-0.2, -0.15) is 0 Å². The molecule has 7 heteroatoms. The molecule has 3 amide bonds. The first-order valence-corrected chi connectivity index (χ1v) is 12.6. The highest BCUT2D eigenvalue weighted by molar-refractivity contribution is 6.11. The van der Waals surface area contributed by atoms with Gasteiger partial charge in [0.25, 0.3) is 5.91 Å². The summed E-state index contributed by atoms with van der Waals surface area (Å²) >= 11 is 0. The van der Waals surface area contributed by atoms with E-state index < -0.39 is 17.5 Å². The van der Waals surface area contributed by atoms with E-state index in [-0.39, 0.29) is 0 Å². The number of rotatable bonds is 6. The number of nitrogens with two attached hydrogens (primary N) is 1. The van der Waals surface area contributed by atoms with Crippen molar-refractivity contribution in [3.63, 3.8) is 0 Å². The van der Waals surface area contributed by atoms with E-state index in [1.807, 2.05) is 54.6 Å². The highest BCUT2D eigenvalue weighted by atomic mass is 16.5. The van der Waals surface area contributed by atoms with E-state index in [1.165, 1.54) is 4.90 Å². The topological polar surface area (TPSA) is 79.1 Å². The molecule has 0 bridgehead atoms. The van der Waals surface area contributed by atoms with Gasteiger partial charge in [0, 0.05) is 71.9 Å². The van der Waals surface area contributed by atoms with E-state index in [1.54, 1.807) is 6.07 Å². The number of hydrogen-bond acceptors (Lipinski definition) is 5. The average Bonchev–Trinajstić information content (AvgIpc) is 3.15. The van der Waals surface area contributed by atoms with Gasteiger partial charge in [0.1, 0.15) is 17.0 Å². The van der Waals surface area contributed by atoms with Gasteiger partial charge in [-0.15, -0.1) is 0 Å². The van der Waals surface area contributed by atoms with Crippen molar-refractivity contribution in [2.45, 2.75) is 33.2 Å². The smallest absolute Gasteiger partial charge is 0.323 e. The SMILES string of the molecule is CCN(CC)c1ccc2c(c1)Oc1cc(N(CC)CC)ccc1C21c2ccccc2C(=O)N1C(N)=O. The molecule has 3 aromatic rings. The van der Waals surface area contributed by atoms with Crippen molar-refractivity contribution in [3.05, 3.63) is 82.9 Å². The molecule has 0 unspecified atom stereocenters. The Morgan fingerprint density at radius 1 is 0.806 bits per heavy atom. The third-order valence-electron chi connectivity index (χ3n) is 7.49. The molecule has 2 aliphatic rings. The van der Waals surface area contributed by atoms with Crippen LogP contribution in [0.5, 0.6) is 11.5 Å². The number of hydrogen-bond donors (Lipinski definition) is 1. The molecule has 2 heterocycles. The summed E-state index contributed by atoms with van der Waals surface area (Å²) in [7, 11) is 0. The summed E-state index contributed by atoms with van der Waals surface area (Å²) in [6.45, 7) is 11.8. The number of fused-ring (bicyclic) bond motifs is 6. The van der Waals surface area contributed by atoms with Crippen LogP contribution < -0.4 is 20.3 Å². The van der Waals surface area contributed by atoms with Crippen LogP contribution >= 0.6 is 0 Å². The normalized spacial score (nSPS) is 14.7. The molecular formula is C29H32N4O3. The number of primary amides is 1. The molecule has 1 spiro atoms. The Labute approximate surface area is 212 Å². The number of imide groups is 1. The fourth-order valence-electron chi connectivity index (χ4n) is 5.80. The lowest BCUT2D eigenvalue weighted by Crippen LogP contribution is -2.52. The van der Waals surface area contributed by atoms with Crippen molar-refractivity contribution in [1.82, 2.24) is 4.90 Å². The first-order chi connectivity index (χ1) is 17.4. The molecule has 186 valence electrons. The Hall–Kier alpha value is -4.00. The largest absolute Gasteiger partial charge is 0.456 e. The first-order valence-electron chi connectivity index (χ1n) is 12.6. The Kier molecular flexibility index (Phi) is 5.86. The van der Waals surface area contributed by atoms with E-state index in [4.69, 9.17) is 10.5 Å². The van der Waals surface area contributed by atoms with Crippen molar-refractivity contribution in [2.75, 3.05) is 36.0 Å². The summed E-state index contributed by atoms with van der Waals surface area (Å²) < 4.78 is 6.56. The minimum absolute atomic E-state index is 0.405. The van der Waals surface area contributed by atoms with Crippen LogP contribution in [-0.2, 0) is 5.54 Å². The van der Waals surface area contributed by atoms with Crippen LogP contribution in [0, 0.1) is 0 Å². The second-order valence-electron chi connectivity index (χ2n) is 9.04. The molecule has 5 rings (SSSR count). The minimum atomic E-state index is -1.22. The second kappa shape index (κ2) is 8.90. The van der Waals surface area contributed by atoms with Gasteiger partial charge < -0.3 is 20.3 Å². The summed E-state index contributed by atoms with van der Waals surface area (Å²) in [4.78, 5) is 32.3. The third kappa shape index (κ3) is 3.19. The monoisotopic (exact) mass is 484 g/mol. The Morgan fingerprint density at radius 3 is 1.78 bits per heavy atom. The summed E-state index contributed by atoms with van der Waals surface area (Å²) in [5, 5.41) is 0. The highest BCUT2D eigenvalue weighted by Crippen LogP contribution is 2.58. The van der Waals surface area contributed by atoms with Crippen LogP contribution in [0.15, 0.2) is 60.7 Å². The van der Waals surface area contributed by atoms with Crippen LogP contribution in [0.25, 0.3) is 0 Å². The number of carbonyl (C=O) groups is 2. The van der Waals surface area contributed by atoms with E-state index in [9.17, 15) is 9.59 Å². The summed E-state index contributed by atoms with van der Waals surface area (Å²) in [5.74, 6) is 0.816. The van der Waals surface area contributed by atoms with Crippen LogP contribution in [0.1, 0.15) is 54.7 Å². The van der Waals surface area contributed by atoms with Crippen LogP contribution in [-0.4, -0.2) is 43.0 Å². The number of benzene rings is 3. The summed E-state index contributed by atoms with van der Waals surface area (Å²) in [6.07, 6.45) is 0. The van der Waals surface area contributed by atoms with Crippen molar-refractivity contribution in [3.8, 4) is 11.5 Å². The van der Waals surface area contributed by atoms with E-state index in [2.05, 4.69) is 37.5 Å². The fourth-order valence-corrected chi connectivity index (χ4v) is 5.80. The number of urea groups is 1. The van der Waals surface area contributed by atoms with Crippen LogP contribution in [0.3, 0.4) is 0 Å². The molecule has 36 heavy (non-hydrogen) atoms. The van der Waals surface area contributed by atoms with Gasteiger partial charge in [-0.1, -0.05) is 30.3 Å². The number of nitrogens with zero attached hydrogens (tertiary/aromatic N) is 3. The first kappa shape index (κ1) is 23.7. The standard InChI is InChI=1S/C29H32N4O3/c1-5-31(6-2)19-13-15-23-25(17-19)36-26-18-20(32(7-3)8-4)14-16-24(26)29(23)22-12-10-9-11-21(22)27(34)33(29)28(30)35/h9-18H,5-8H2,1-4H3,(H2,30,35). The third-order valence-corrected chi connectivity index (χ3v) is 7.49. The maximum Gasteiger partial charge on any atom is 0.323 e. The van der Waals surface area contributed by atoms with Crippen LogP contribution in [0.2, 0.25) is 0 Å². The minimum Gasteiger partial charge on any atom is -0.456 e. The van der Waals surface area contributed by atoms with Gasteiger partial charge in [0.05, 0.1) is 0 Å². The van der Waals surface area contributed by atoms with Gasteiger partial charge in [-0.05, 0) is 45.9 Å². The van der Waals surface area contributed by atoms with E-state index in [0.717, 1.165) is 54.2 Å². The van der Waals surface area contributed by atoms with Gasteiger partial charge in [0.15, 0.2) is 0 Å². The number of ether oxygens (including phenoxy) is 1. The zero-order valence-electron chi connectivity index (χ0n) is 21.2. The molecule has 0 fully saturated rings. The molecule has 0 radical (unpaired) electrons. The summed E-state index contributed by atoms with van der Waals surface area (Å²) in [6, 6.07) is 18.6. The van der Waals surface area contributed by atoms with E-state index in [0.29, 0.717) is 17.1 Å². The molecule has 3 aromatic carbocycles. The quantitative estimate of drug-likeness (QED) is 0.513. The molecule has 0 atom stereocenters. The molecule has 0 aromatic heterocycles. The molecule has 2 N–H and O–H groups in total. The number of carbonyl (C=O) groups excluding carboxylic acids is 2. The molecule has 2 aliphatic heterocycles. The van der Waals surface area contributed by atoms with Crippen molar-refractivity contribution >= 4 is 23.3 Å². The van der Waals surface area contributed by atoms with Crippen molar-refractivity contribution in [2.24, 2.45) is 5.73 Å². The second-order valence-corrected chi connectivity index (χ2v) is 9.04. The van der Waals surface area contributed by atoms with Gasteiger partial charge in [-0.25, -0.2) is 9.69 Å². The predicted molar refractivity (Wildman–Crippen MR) is 142 cm³/mol. The lowest BCUT2D eigenvalue weighted by molar-refractivity contribution is 0.0749. The summed E-state index contributed by atoms with van der Waals surface area (Å²) in [5.41, 5.74) is 9.39. The highest BCUT2D eigenvalue weighted by Gasteiger charge is 2.58. The fraction of sp³-hybridized carbons (Fsp3) is 0.310.